The maximum absolute atomic E-state index is 5.23. The van der Waals surface area contributed by atoms with E-state index in [9.17, 15) is 0 Å². The molecule has 1 fully saturated rings. The number of nitrogens with one attached hydrogen (secondary N) is 1. The van der Waals surface area contributed by atoms with Crippen molar-refractivity contribution in [3.63, 3.8) is 0 Å². The van der Waals surface area contributed by atoms with E-state index in [4.69, 9.17) is 4.74 Å². The van der Waals surface area contributed by atoms with Crippen molar-refractivity contribution in [3.05, 3.63) is 23.4 Å². The monoisotopic (exact) mass is 220 g/mol. The minimum Gasteiger partial charge on any atom is -0.481 e. The molecule has 0 atom stereocenters. The summed E-state index contributed by atoms with van der Waals surface area (Å²) < 4.78 is 5.23. The van der Waals surface area contributed by atoms with Gasteiger partial charge < -0.3 is 10.1 Å². The Morgan fingerprint density at radius 1 is 1.44 bits per heavy atom. The summed E-state index contributed by atoms with van der Waals surface area (Å²) in [7, 11) is 1.67. The fraction of sp³-hybridized carbons (Fsp3) is 0.615. The van der Waals surface area contributed by atoms with Gasteiger partial charge in [0.05, 0.1) is 7.11 Å². The molecule has 3 nitrogen and oxygen atoms in total. The van der Waals surface area contributed by atoms with Crippen molar-refractivity contribution < 1.29 is 4.74 Å². The number of nitrogens with zero attached hydrogens (tertiary/aromatic N) is 1. The Morgan fingerprint density at radius 2 is 2.19 bits per heavy atom. The maximum Gasteiger partial charge on any atom is 0.213 e. The van der Waals surface area contributed by atoms with Gasteiger partial charge in [-0.1, -0.05) is 13.8 Å². The van der Waals surface area contributed by atoms with Crippen LogP contribution in [0.1, 0.15) is 43.9 Å². The van der Waals surface area contributed by atoms with Crippen LogP contribution in [-0.4, -0.2) is 18.1 Å². The molecule has 1 heterocycles. The zero-order valence-corrected chi connectivity index (χ0v) is 10.3. The first-order valence-corrected chi connectivity index (χ1v) is 5.97. The Morgan fingerprint density at radius 3 is 2.75 bits per heavy atom. The van der Waals surface area contributed by atoms with Crippen molar-refractivity contribution in [2.45, 2.75) is 45.2 Å². The van der Waals surface area contributed by atoms with Gasteiger partial charge in [0.1, 0.15) is 0 Å². The van der Waals surface area contributed by atoms with Crippen LogP contribution in [0.2, 0.25) is 0 Å². The molecule has 1 N–H and O–H groups in total. The lowest BCUT2D eigenvalue weighted by Gasteiger charge is -2.10. The van der Waals surface area contributed by atoms with Crippen LogP contribution in [0, 0.1) is 0 Å². The second-order valence-corrected chi connectivity index (χ2v) is 4.75. The van der Waals surface area contributed by atoms with Gasteiger partial charge in [-0.05, 0) is 30.4 Å². The van der Waals surface area contributed by atoms with E-state index >= 15 is 0 Å². The van der Waals surface area contributed by atoms with Crippen LogP contribution in [0.5, 0.6) is 5.88 Å². The molecular weight excluding hydrogens is 200 g/mol. The lowest BCUT2D eigenvalue weighted by Crippen LogP contribution is -2.15. The number of hydrogen-bond acceptors (Lipinski definition) is 3. The van der Waals surface area contributed by atoms with Crippen molar-refractivity contribution in [3.8, 4) is 5.88 Å². The fourth-order valence-corrected chi connectivity index (χ4v) is 1.63. The highest BCUT2D eigenvalue weighted by Crippen LogP contribution is 2.22. The number of pyridine rings is 1. The molecule has 0 unspecified atom stereocenters. The minimum atomic E-state index is 0.440. The summed E-state index contributed by atoms with van der Waals surface area (Å²) in [6, 6.07) is 4.92. The SMILES string of the molecule is COc1cc(CNC2CC2)cc(C(C)C)n1. The zero-order valence-electron chi connectivity index (χ0n) is 10.3. The normalized spacial score (nSPS) is 15.5. The average molecular weight is 220 g/mol. The van der Waals surface area contributed by atoms with Crippen LogP contribution < -0.4 is 10.1 Å². The number of ether oxygens (including phenoxy) is 1. The van der Waals surface area contributed by atoms with Crippen molar-refractivity contribution in [2.75, 3.05) is 7.11 Å². The summed E-state index contributed by atoms with van der Waals surface area (Å²) in [6.07, 6.45) is 2.64. The summed E-state index contributed by atoms with van der Waals surface area (Å²) in [4.78, 5) is 4.44. The molecule has 0 bridgehead atoms. The molecule has 0 radical (unpaired) electrons. The highest BCUT2D eigenvalue weighted by atomic mass is 16.5. The fourth-order valence-electron chi connectivity index (χ4n) is 1.63. The molecular formula is C13H20N2O. The van der Waals surface area contributed by atoms with Gasteiger partial charge in [0.2, 0.25) is 5.88 Å². The lowest BCUT2D eigenvalue weighted by atomic mass is 10.1. The van der Waals surface area contributed by atoms with Gasteiger partial charge in [0, 0.05) is 24.3 Å². The van der Waals surface area contributed by atoms with E-state index in [0.717, 1.165) is 24.2 Å². The van der Waals surface area contributed by atoms with Gasteiger partial charge >= 0.3 is 0 Å². The van der Waals surface area contributed by atoms with Gasteiger partial charge in [0.15, 0.2) is 0 Å². The highest BCUT2D eigenvalue weighted by molar-refractivity contribution is 5.26. The molecule has 88 valence electrons. The van der Waals surface area contributed by atoms with Gasteiger partial charge in [-0.15, -0.1) is 0 Å². The van der Waals surface area contributed by atoms with E-state index in [0.29, 0.717) is 5.92 Å². The van der Waals surface area contributed by atoms with E-state index < -0.39 is 0 Å². The van der Waals surface area contributed by atoms with Crippen molar-refractivity contribution >= 4 is 0 Å². The molecule has 1 aliphatic carbocycles. The standard InChI is InChI=1S/C13H20N2O/c1-9(2)12-6-10(7-13(15-12)16-3)8-14-11-4-5-11/h6-7,9,11,14H,4-5,8H2,1-3H3. The van der Waals surface area contributed by atoms with Gasteiger partial charge in [0.25, 0.3) is 0 Å². The van der Waals surface area contributed by atoms with E-state index in [1.165, 1.54) is 18.4 Å². The predicted octanol–water partition coefficient (Wildman–Crippen LogP) is 2.47. The third-order valence-corrected chi connectivity index (χ3v) is 2.85. The predicted molar refractivity (Wildman–Crippen MR) is 64.7 cm³/mol. The van der Waals surface area contributed by atoms with Crippen LogP contribution in [0.4, 0.5) is 0 Å². The summed E-state index contributed by atoms with van der Waals surface area (Å²) in [5.74, 6) is 1.16. The van der Waals surface area contributed by atoms with E-state index in [2.05, 4.69) is 30.2 Å². The van der Waals surface area contributed by atoms with Gasteiger partial charge in [-0.3, -0.25) is 0 Å². The molecule has 1 aromatic rings. The molecule has 0 amide bonds. The van der Waals surface area contributed by atoms with E-state index in [1.807, 2.05) is 6.07 Å². The third-order valence-electron chi connectivity index (χ3n) is 2.85. The first-order chi connectivity index (χ1) is 7.69. The Balaban J connectivity index is 2.11. The summed E-state index contributed by atoms with van der Waals surface area (Å²) in [5.41, 5.74) is 2.37. The summed E-state index contributed by atoms with van der Waals surface area (Å²) in [6.45, 7) is 5.23. The molecule has 2 rings (SSSR count). The van der Waals surface area contributed by atoms with Crippen LogP contribution in [0.3, 0.4) is 0 Å². The third kappa shape index (κ3) is 2.95. The molecule has 3 heteroatoms. The summed E-state index contributed by atoms with van der Waals surface area (Å²) >= 11 is 0. The molecule has 0 aromatic carbocycles. The van der Waals surface area contributed by atoms with Gasteiger partial charge in [-0.25, -0.2) is 4.98 Å². The zero-order chi connectivity index (χ0) is 11.5. The van der Waals surface area contributed by atoms with Crippen LogP contribution in [-0.2, 0) is 6.54 Å². The van der Waals surface area contributed by atoms with Crippen LogP contribution in [0.15, 0.2) is 12.1 Å². The molecule has 1 aliphatic rings. The Bertz CT molecular complexity index is 359. The Kier molecular flexibility index (Phi) is 3.44. The highest BCUT2D eigenvalue weighted by Gasteiger charge is 2.20. The number of aromatic nitrogens is 1. The lowest BCUT2D eigenvalue weighted by molar-refractivity contribution is 0.394. The molecule has 1 saturated carbocycles. The largest absolute Gasteiger partial charge is 0.481 e. The molecule has 16 heavy (non-hydrogen) atoms. The Hall–Kier alpha value is -1.09. The quantitative estimate of drug-likeness (QED) is 0.827. The first kappa shape index (κ1) is 11.4. The first-order valence-electron chi connectivity index (χ1n) is 5.97. The van der Waals surface area contributed by atoms with Crippen LogP contribution in [0.25, 0.3) is 0 Å². The average Bonchev–Trinajstić information content (AvgIpc) is 3.09. The van der Waals surface area contributed by atoms with Crippen molar-refractivity contribution in [1.29, 1.82) is 0 Å². The summed E-state index contributed by atoms with van der Waals surface area (Å²) in [5, 5.41) is 3.51. The van der Waals surface area contributed by atoms with Crippen LogP contribution >= 0.6 is 0 Å². The van der Waals surface area contributed by atoms with E-state index in [-0.39, 0.29) is 0 Å². The molecule has 1 aromatic heterocycles. The minimum absolute atomic E-state index is 0.440. The van der Waals surface area contributed by atoms with E-state index in [1.54, 1.807) is 7.11 Å². The topological polar surface area (TPSA) is 34.1 Å². The smallest absolute Gasteiger partial charge is 0.213 e. The van der Waals surface area contributed by atoms with Gasteiger partial charge in [-0.2, -0.15) is 0 Å². The number of methoxy groups -OCH3 is 1. The maximum atomic E-state index is 5.23. The molecule has 0 aliphatic heterocycles. The van der Waals surface area contributed by atoms with Crippen molar-refractivity contribution in [1.82, 2.24) is 10.3 Å². The number of hydrogen-bond donors (Lipinski definition) is 1. The second kappa shape index (κ2) is 4.83. The molecule has 0 spiro atoms. The van der Waals surface area contributed by atoms with Crippen molar-refractivity contribution in [2.24, 2.45) is 0 Å². The second-order valence-electron chi connectivity index (χ2n) is 4.75. The Labute approximate surface area is 97.2 Å². The molecule has 0 saturated heterocycles. The number of rotatable bonds is 5.